The molecular formula is C9H15NO2. The summed E-state index contributed by atoms with van der Waals surface area (Å²) in [6.45, 7) is 5.76. The molecule has 0 aliphatic carbocycles. The standard InChI is InChI=1S/C9H15NO2/c1-2-8-3-5-10(6-4-8)7-9(11)12/h2,8H,1,3-7H2,(H,11,12). The number of rotatable bonds is 3. The van der Waals surface area contributed by atoms with Gasteiger partial charge in [0.25, 0.3) is 0 Å². The van der Waals surface area contributed by atoms with Crippen LogP contribution in [0.1, 0.15) is 12.8 Å². The van der Waals surface area contributed by atoms with Gasteiger partial charge in [0, 0.05) is 12.8 Å². The molecule has 0 aromatic heterocycles. The number of carbonyl (C=O) groups excluding carboxylic acids is 1. The Bertz CT molecular complexity index is 171. The zero-order valence-corrected chi connectivity index (χ0v) is 7.21. The fraction of sp³-hybridized carbons (Fsp3) is 0.667. The second kappa shape index (κ2) is 4.26. The molecular weight excluding hydrogens is 154 g/mol. The summed E-state index contributed by atoms with van der Waals surface area (Å²) in [5.74, 6) is -0.349. The van der Waals surface area contributed by atoms with Gasteiger partial charge in [-0.2, -0.15) is 0 Å². The van der Waals surface area contributed by atoms with Gasteiger partial charge in [-0.1, -0.05) is 6.08 Å². The molecule has 3 nitrogen and oxygen atoms in total. The van der Waals surface area contributed by atoms with Crippen LogP contribution in [0.3, 0.4) is 0 Å². The highest BCUT2D eigenvalue weighted by Crippen LogP contribution is 2.09. The van der Waals surface area contributed by atoms with Crippen LogP contribution in [0.15, 0.2) is 12.7 Å². The maximum absolute atomic E-state index is 10.3. The number of hydrogen-bond acceptors (Lipinski definition) is 2. The molecule has 0 atom stereocenters. The van der Waals surface area contributed by atoms with Crippen molar-refractivity contribution in [2.75, 3.05) is 19.6 Å². The Kier molecular flexibility index (Phi) is 3.29. The third-order valence-corrected chi connectivity index (χ3v) is 2.47. The van der Waals surface area contributed by atoms with E-state index in [-0.39, 0.29) is 6.54 Å². The van der Waals surface area contributed by atoms with Crippen LogP contribution in [-0.4, -0.2) is 25.6 Å². The Morgan fingerprint density at radius 1 is 1.58 bits per heavy atom. The van der Waals surface area contributed by atoms with Gasteiger partial charge in [-0.05, 0) is 5.92 Å². The van der Waals surface area contributed by atoms with Crippen molar-refractivity contribution in [3.63, 3.8) is 0 Å². The number of likely N-dealkylation sites (tertiary alicyclic amines) is 1. The Labute approximate surface area is 72.7 Å². The van der Waals surface area contributed by atoms with E-state index in [0.717, 1.165) is 30.8 Å². The number of carbonyl (C=O) groups is 1. The molecule has 68 valence electrons. The number of aliphatic carboxylic acids is 1. The lowest BCUT2D eigenvalue weighted by atomic mass is 9.97. The van der Waals surface area contributed by atoms with Gasteiger partial charge in [-0.3, -0.25) is 0 Å². The van der Waals surface area contributed by atoms with E-state index in [9.17, 15) is 9.90 Å². The Morgan fingerprint density at radius 2 is 2.17 bits per heavy atom. The van der Waals surface area contributed by atoms with Gasteiger partial charge in [0.2, 0.25) is 0 Å². The van der Waals surface area contributed by atoms with E-state index >= 15 is 0 Å². The Morgan fingerprint density at radius 3 is 2.58 bits per heavy atom. The van der Waals surface area contributed by atoms with Gasteiger partial charge in [-0.15, -0.1) is 6.58 Å². The van der Waals surface area contributed by atoms with Gasteiger partial charge in [0.15, 0.2) is 0 Å². The number of carboxylic acid groups (broad SMARTS) is 1. The molecule has 1 fully saturated rings. The van der Waals surface area contributed by atoms with Crippen LogP contribution in [0, 0.1) is 5.92 Å². The quantitative estimate of drug-likeness (QED) is 0.507. The molecule has 1 aliphatic rings. The molecule has 1 heterocycles. The summed E-state index contributed by atoms with van der Waals surface area (Å²) in [5, 5.41) is 10.3. The monoisotopic (exact) mass is 169 g/mol. The maximum Gasteiger partial charge on any atom is 0.117 e. The highest BCUT2D eigenvalue weighted by Gasteiger charge is 2.19. The lowest BCUT2D eigenvalue weighted by Gasteiger charge is -2.27. The first-order valence-electron chi connectivity index (χ1n) is 4.38. The molecule has 0 aromatic carbocycles. The molecule has 0 radical (unpaired) electrons. The number of nitrogens with one attached hydrogen (secondary N) is 1. The van der Waals surface area contributed by atoms with E-state index < -0.39 is 5.97 Å². The van der Waals surface area contributed by atoms with Gasteiger partial charge < -0.3 is 14.8 Å². The van der Waals surface area contributed by atoms with Gasteiger partial charge in [0.1, 0.15) is 6.54 Å². The van der Waals surface area contributed by atoms with Gasteiger partial charge >= 0.3 is 0 Å². The van der Waals surface area contributed by atoms with Crippen molar-refractivity contribution in [1.29, 1.82) is 0 Å². The SMILES string of the molecule is C=CC1CC[NH+](CC(=O)[O-])CC1. The molecule has 1 saturated heterocycles. The number of allylic oxidation sites excluding steroid dienone is 1. The van der Waals surface area contributed by atoms with E-state index in [2.05, 4.69) is 6.58 Å². The largest absolute Gasteiger partial charge is 0.544 e. The van der Waals surface area contributed by atoms with Crippen LogP contribution in [-0.2, 0) is 4.79 Å². The van der Waals surface area contributed by atoms with Crippen LogP contribution in [0.2, 0.25) is 0 Å². The number of carboxylic acids is 1. The average Bonchev–Trinajstić information content (AvgIpc) is 2.05. The van der Waals surface area contributed by atoms with Crippen molar-refractivity contribution in [3.05, 3.63) is 12.7 Å². The minimum atomic E-state index is -0.943. The van der Waals surface area contributed by atoms with E-state index in [0.29, 0.717) is 5.92 Å². The van der Waals surface area contributed by atoms with Crippen molar-refractivity contribution in [3.8, 4) is 0 Å². The highest BCUT2D eigenvalue weighted by atomic mass is 16.4. The third kappa shape index (κ3) is 2.66. The van der Waals surface area contributed by atoms with Crippen molar-refractivity contribution in [2.24, 2.45) is 5.92 Å². The molecule has 0 amide bonds. The second-order valence-corrected chi connectivity index (χ2v) is 3.37. The number of quaternary nitrogens is 1. The zero-order valence-electron chi connectivity index (χ0n) is 7.21. The predicted octanol–water partition coefficient (Wildman–Crippen LogP) is -1.78. The zero-order chi connectivity index (χ0) is 8.97. The first-order chi connectivity index (χ1) is 5.72. The lowest BCUT2D eigenvalue weighted by molar-refractivity contribution is -0.900. The van der Waals surface area contributed by atoms with Crippen LogP contribution in [0.25, 0.3) is 0 Å². The molecule has 12 heavy (non-hydrogen) atoms. The minimum Gasteiger partial charge on any atom is -0.544 e. The average molecular weight is 169 g/mol. The number of hydrogen-bond donors (Lipinski definition) is 1. The molecule has 0 saturated carbocycles. The lowest BCUT2D eigenvalue weighted by Crippen LogP contribution is -3.14. The van der Waals surface area contributed by atoms with E-state index in [1.165, 1.54) is 0 Å². The second-order valence-electron chi connectivity index (χ2n) is 3.37. The van der Waals surface area contributed by atoms with E-state index in [1.54, 1.807) is 0 Å². The first kappa shape index (κ1) is 9.26. The van der Waals surface area contributed by atoms with Crippen LogP contribution in [0.4, 0.5) is 0 Å². The first-order valence-corrected chi connectivity index (χ1v) is 4.38. The molecule has 0 bridgehead atoms. The van der Waals surface area contributed by atoms with Crippen molar-refractivity contribution >= 4 is 5.97 Å². The summed E-state index contributed by atoms with van der Waals surface area (Å²) < 4.78 is 0. The van der Waals surface area contributed by atoms with Crippen molar-refractivity contribution < 1.29 is 14.8 Å². The summed E-state index contributed by atoms with van der Waals surface area (Å²) in [6.07, 6.45) is 4.09. The molecule has 1 N–H and O–H groups in total. The summed E-state index contributed by atoms with van der Waals surface area (Å²) in [6, 6.07) is 0. The molecule has 3 heteroatoms. The van der Waals surface area contributed by atoms with Crippen LogP contribution >= 0.6 is 0 Å². The molecule has 0 aromatic rings. The summed E-state index contributed by atoms with van der Waals surface area (Å²) in [4.78, 5) is 11.4. The number of piperidine rings is 1. The topological polar surface area (TPSA) is 44.6 Å². The fourth-order valence-corrected chi connectivity index (χ4v) is 1.66. The highest BCUT2D eigenvalue weighted by molar-refractivity contribution is 5.65. The smallest absolute Gasteiger partial charge is 0.117 e. The van der Waals surface area contributed by atoms with Crippen molar-refractivity contribution in [2.45, 2.75) is 12.8 Å². The normalized spacial score (nSPS) is 29.7. The fourth-order valence-electron chi connectivity index (χ4n) is 1.66. The molecule has 1 aliphatic heterocycles. The van der Waals surface area contributed by atoms with Gasteiger partial charge in [-0.25, -0.2) is 0 Å². The minimum absolute atomic E-state index is 0.157. The molecule has 1 rings (SSSR count). The van der Waals surface area contributed by atoms with E-state index in [4.69, 9.17) is 0 Å². The van der Waals surface area contributed by atoms with Crippen LogP contribution in [0.5, 0.6) is 0 Å². The van der Waals surface area contributed by atoms with E-state index in [1.807, 2.05) is 6.08 Å². The maximum atomic E-state index is 10.3. The van der Waals surface area contributed by atoms with Gasteiger partial charge in [0.05, 0.1) is 19.1 Å². The summed E-state index contributed by atoms with van der Waals surface area (Å²) >= 11 is 0. The third-order valence-electron chi connectivity index (χ3n) is 2.47. The Balaban J connectivity index is 2.26. The Hall–Kier alpha value is -0.830. The molecule has 0 unspecified atom stereocenters. The summed E-state index contributed by atoms with van der Waals surface area (Å²) in [5.41, 5.74) is 0. The predicted molar refractivity (Wildman–Crippen MR) is 43.5 cm³/mol. The summed E-state index contributed by atoms with van der Waals surface area (Å²) in [7, 11) is 0. The van der Waals surface area contributed by atoms with Crippen molar-refractivity contribution in [1.82, 2.24) is 0 Å². The molecule has 0 spiro atoms. The van der Waals surface area contributed by atoms with Crippen LogP contribution < -0.4 is 10.0 Å².